The van der Waals surface area contributed by atoms with Crippen molar-refractivity contribution in [3.8, 4) is 12.3 Å². The number of aliphatic hydroxyl groups excluding tert-OH is 1. The molecule has 0 amide bonds. The Morgan fingerprint density at radius 3 is 2.93 bits per heavy atom. The lowest BCUT2D eigenvalue weighted by Gasteiger charge is -2.09. The van der Waals surface area contributed by atoms with Gasteiger partial charge in [-0.05, 0) is 31.2 Å². The molecule has 0 bridgehead atoms. The third-order valence-electron chi connectivity index (χ3n) is 2.73. The van der Waals surface area contributed by atoms with E-state index in [-0.39, 0.29) is 6.61 Å². The van der Waals surface area contributed by atoms with Gasteiger partial charge in [0.2, 0.25) is 0 Å². The van der Waals surface area contributed by atoms with Gasteiger partial charge in [0.1, 0.15) is 6.54 Å². The summed E-state index contributed by atoms with van der Waals surface area (Å²) < 4.78 is 1.76. The normalized spacial score (nSPS) is 14.9. The van der Waals surface area contributed by atoms with Crippen LogP contribution >= 0.6 is 0 Å². The standard InChI is InChI=1S/C11H14N2O/c1-2-7-13-11(8-14)9-5-3-4-6-10(9)12-13/h1,14H,3-8H2. The fraction of sp³-hybridized carbons (Fsp3) is 0.545. The molecule has 1 heterocycles. The zero-order valence-corrected chi connectivity index (χ0v) is 8.16. The highest BCUT2D eigenvalue weighted by atomic mass is 16.3. The Morgan fingerprint density at radius 1 is 1.43 bits per heavy atom. The molecule has 0 aliphatic heterocycles. The Morgan fingerprint density at radius 2 is 2.21 bits per heavy atom. The summed E-state index contributed by atoms with van der Waals surface area (Å²) in [5.74, 6) is 2.56. The minimum absolute atomic E-state index is 0.0456. The fourth-order valence-electron chi connectivity index (χ4n) is 2.07. The molecule has 3 nitrogen and oxygen atoms in total. The van der Waals surface area contributed by atoms with Crippen LogP contribution < -0.4 is 0 Å². The molecule has 1 aromatic heterocycles. The molecule has 1 aliphatic carbocycles. The molecule has 74 valence electrons. The van der Waals surface area contributed by atoms with Crippen LogP contribution in [0, 0.1) is 12.3 Å². The van der Waals surface area contributed by atoms with Gasteiger partial charge in [-0.25, -0.2) is 0 Å². The zero-order chi connectivity index (χ0) is 9.97. The summed E-state index contributed by atoms with van der Waals surface area (Å²) in [4.78, 5) is 0. The molecule has 0 atom stereocenters. The summed E-state index contributed by atoms with van der Waals surface area (Å²) in [7, 11) is 0. The van der Waals surface area contributed by atoms with Crippen molar-refractivity contribution in [3.63, 3.8) is 0 Å². The number of aryl methyl sites for hydroxylation is 1. The SMILES string of the molecule is C#CCn1nc2c(c1CO)CCCC2. The molecule has 2 rings (SSSR count). The second-order valence-corrected chi connectivity index (χ2v) is 3.60. The monoisotopic (exact) mass is 190 g/mol. The quantitative estimate of drug-likeness (QED) is 0.703. The van der Waals surface area contributed by atoms with Gasteiger partial charge in [-0.15, -0.1) is 6.42 Å². The van der Waals surface area contributed by atoms with Crippen LogP contribution in [0.15, 0.2) is 0 Å². The predicted molar refractivity (Wildman–Crippen MR) is 53.6 cm³/mol. The van der Waals surface area contributed by atoms with Crippen LogP contribution in [0.4, 0.5) is 0 Å². The average Bonchev–Trinajstić information content (AvgIpc) is 2.55. The third-order valence-corrected chi connectivity index (χ3v) is 2.73. The maximum atomic E-state index is 9.26. The van der Waals surface area contributed by atoms with Crippen LogP contribution in [0.3, 0.4) is 0 Å². The smallest absolute Gasteiger partial charge is 0.102 e. The summed E-state index contributed by atoms with van der Waals surface area (Å²) >= 11 is 0. The van der Waals surface area contributed by atoms with Crippen LogP contribution in [0.1, 0.15) is 29.8 Å². The number of terminal acetylenes is 1. The van der Waals surface area contributed by atoms with Crippen molar-refractivity contribution in [1.82, 2.24) is 9.78 Å². The number of aliphatic hydroxyl groups is 1. The number of rotatable bonds is 2. The van der Waals surface area contributed by atoms with Gasteiger partial charge >= 0.3 is 0 Å². The van der Waals surface area contributed by atoms with Gasteiger partial charge in [0.15, 0.2) is 0 Å². The Bertz CT molecular complexity index is 373. The van der Waals surface area contributed by atoms with E-state index in [2.05, 4.69) is 11.0 Å². The summed E-state index contributed by atoms with van der Waals surface area (Å²) in [6.45, 7) is 0.507. The van der Waals surface area contributed by atoms with E-state index in [4.69, 9.17) is 6.42 Å². The van der Waals surface area contributed by atoms with Crippen molar-refractivity contribution in [1.29, 1.82) is 0 Å². The molecule has 0 unspecified atom stereocenters. The topological polar surface area (TPSA) is 38.0 Å². The summed E-state index contributed by atoms with van der Waals surface area (Å²) in [6.07, 6.45) is 9.71. The van der Waals surface area contributed by atoms with Gasteiger partial charge in [0.25, 0.3) is 0 Å². The second-order valence-electron chi connectivity index (χ2n) is 3.60. The van der Waals surface area contributed by atoms with Crippen molar-refractivity contribution < 1.29 is 5.11 Å². The first kappa shape index (κ1) is 9.29. The lowest BCUT2D eigenvalue weighted by molar-refractivity contribution is 0.268. The largest absolute Gasteiger partial charge is 0.390 e. The highest BCUT2D eigenvalue weighted by Gasteiger charge is 2.19. The molecular formula is C11H14N2O. The molecule has 0 aromatic carbocycles. The van der Waals surface area contributed by atoms with Gasteiger partial charge in [-0.3, -0.25) is 4.68 Å². The first-order valence-electron chi connectivity index (χ1n) is 4.98. The molecule has 1 aliphatic rings. The van der Waals surface area contributed by atoms with Crippen LogP contribution in [0.5, 0.6) is 0 Å². The number of fused-ring (bicyclic) bond motifs is 1. The zero-order valence-electron chi connectivity index (χ0n) is 8.16. The number of hydrogen-bond acceptors (Lipinski definition) is 2. The lowest BCUT2D eigenvalue weighted by Crippen LogP contribution is -2.05. The molecule has 0 fully saturated rings. The summed E-state index contributed by atoms with van der Waals surface area (Å²) in [6, 6.07) is 0. The highest BCUT2D eigenvalue weighted by Crippen LogP contribution is 2.23. The van der Waals surface area contributed by atoms with Crippen LogP contribution in [-0.2, 0) is 26.0 Å². The van der Waals surface area contributed by atoms with Crippen molar-refractivity contribution >= 4 is 0 Å². The minimum Gasteiger partial charge on any atom is -0.390 e. The first-order chi connectivity index (χ1) is 6.86. The van der Waals surface area contributed by atoms with E-state index < -0.39 is 0 Å². The van der Waals surface area contributed by atoms with E-state index in [0.717, 1.165) is 24.2 Å². The van der Waals surface area contributed by atoms with Crippen molar-refractivity contribution in [3.05, 3.63) is 17.0 Å². The van der Waals surface area contributed by atoms with Crippen LogP contribution in [0.25, 0.3) is 0 Å². The minimum atomic E-state index is 0.0456. The lowest BCUT2D eigenvalue weighted by atomic mass is 9.96. The Hall–Kier alpha value is -1.27. The Labute approximate surface area is 83.7 Å². The average molecular weight is 190 g/mol. The molecule has 14 heavy (non-hydrogen) atoms. The molecule has 1 N–H and O–H groups in total. The van der Waals surface area contributed by atoms with E-state index >= 15 is 0 Å². The molecule has 1 aromatic rings. The number of aromatic nitrogens is 2. The molecule has 0 spiro atoms. The van der Waals surface area contributed by atoms with Crippen LogP contribution in [0.2, 0.25) is 0 Å². The maximum Gasteiger partial charge on any atom is 0.102 e. The molecule has 0 saturated carbocycles. The van der Waals surface area contributed by atoms with Crippen molar-refractivity contribution in [2.75, 3.05) is 0 Å². The predicted octanol–water partition coefficient (Wildman–Crippen LogP) is 0.887. The van der Waals surface area contributed by atoms with E-state index in [1.165, 1.54) is 18.4 Å². The maximum absolute atomic E-state index is 9.26. The van der Waals surface area contributed by atoms with Gasteiger partial charge in [-0.1, -0.05) is 5.92 Å². The molecular weight excluding hydrogens is 176 g/mol. The number of nitrogens with zero attached hydrogens (tertiary/aromatic N) is 2. The third kappa shape index (κ3) is 1.42. The molecule has 0 saturated heterocycles. The fourth-order valence-corrected chi connectivity index (χ4v) is 2.07. The van der Waals surface area contributed by atoms with Gasteiger partial charge in [-0.2, -0.15) is 5.10 Å². The summed E-state index contributed by atoms with van der Waals surface area (Å²) in [5, 5.41) is 13.7. The summed E-state index contributed by atoms with van der Waals surface area (Å²) in [5.41, 5.74) is 3.28. The van der Waals surface area contributed by atoms with Crippen molar-refractivity contribution in [2.45, 2.75) is 38.8 Å². The van der Waals surface area contributed by atoms with E-state index in [9.17, 15) is 5.11 Å². The Kier molecular flexibility index (Phi) is 2.55. The molecule has 3 heteroatoms. The van der Waals surface area contributed by atoms with Crippen LogP contribution in [-0.4, -0.2) is 14.9 Å². The van der Waals surface area contributed by atoms with E-state index in [1.807, 2.05) is 0 Å². The van der Waals surface area contributed by atoms with Gasteiger partial charge in [0.05, 0.1) is 18.0 Å². The van der Waals surface area contributed by atoms with E-state index in [1.54, 1.807) is 4.68 Å². The highest BCUT2D eigenvalue weighted by molar-refractivity contribution is 5.28. The number of hydrogen-bond donors (Lipinski definition) is 1. The van der Waals surface area contributed by atoms with Gasteiger partial charge in [0, 0.05) is 0 Å². The van der Waals surface area contributed by atoms with Gasteiger partial charge < -0.3 is 5.11 Å². The van der Waals surface area contributed by atoms with Crippen molar-refractivity contribution in [2.24, 2.45) is 0 Å². The Balaban J connectivity index is 2.42. The second kappa shape index (κ2) is 3.85. The van der Waals surface area contributed by atoms with E-state index in [0.29, 0.717) is 6.54 Å². The first-order valence-corrected chi connectivity index (χ1v) is 4.98. The molecule has 0 radical (unpaired) electrons.